The van der Waals surface area contributed by atoms with Crippen LogP contribution in [0.4, 0.5) is 5.95 Å². The second-order valence-corrected chi connectivity index (χ2v) is 5.53. The van der Waals surface area contributed by atoms with Crippen molar-refractivity contribution in [2.24, 2.45) is 5.92 Å². The second-order valence-electron chi connectivity index (χ2n) is 5.53. The van der Waals surface area contributed by atoms with Crippen LogP contribution in [-0.2, 0) is 4.79 Å². The number of piperidine rings is 1. The highest BCUT2D eigenvalue weighted by Gasteiger charge is 2.27. The molecule has 20 heavy (non-hydrogen) atoms. The van der Waals surface area contributed by atoms with Crippen molar-refractivity contribution in [1.82, 2.24) is 20.6 Å². The lowest BCUT2D eigenvalue weighted by Crippen LogP contribution is -2.49. The SMILES string of the molecule is O=C(NC1CCCN(c2ncccn2)C1)C1CCNC1. The fraction of sp³-hybridized carbons (Fsp3) is 0.643. The van der Waals surface area contributed by atoms with Gasteiger partial charge in [0.15, 0.2) is 0 Å². The normalized spacial score (nSPS) is 26.5. The monoisotopic (exact) mass is 275 g/mol. The van der Waals surface area contributed by atoms with E-state index in [2.05, 4.69) is 25.5 Å². The Morgan fingerprint density at radius 2 is 2.20 bits per heavy atom. The van der Waals surface area contributed by atoms with Gasteiger partial charge in [-0.05, 0) is 31.9 Å². The summed E-state index contributed by atoms with van der Waals surface area (Å²) in [6, 6.07) is 2.03. The molecule has 2 N–H and O–H groups in total. The Hall–Kier alpha value is -1.69. The van der Waals surface area contributed by atoms with E-state index in [9.17, 15) is 4.79 Å². The minimum Gasteiger partial charge on any atom is -0.351 e. The predicted molar refractivity (Wildman–Crippen MR) is 76.4 cm³/mol. The summed E-state index contributed by atoms with van der Waals surface area (Å²) in [6.45, 7) is 3.52. The van der Waals surface area contributed by atoms with E-state index in [1.807, 2.05) is 6.07 Å². The van der Waals surface area contributed by atoms with Crippen molar-refractivity contribution in [1.29, 1.82) is 0 Å². The molecule has 0 saturated carbocycles. The topological polar surface area (TPSA) is 70.2 Å². The first-order valence-electron chi connectivity index (χ1n) is 7.36. The summed E-state index contributed by atoms with van der Waals surface area (Å²) < 4.78 is 0. The van der Waals surface area contributed by atoms with Crippen LogP contribution in [0, 0.1) is 5.92 Å². The van der Waals surface area contributed by atoms with Crippen LogP contribution >= 0.6 is 0 Å². The van der Waals surface area contributed by atoms with E-state index >= 15 is 0 Å². The van der Waals surface area contributed by atoms with Gasteiger partial charge in [-0.15, -0.1) is 0 Å². The number of carbonyl (C=O) groups is 1. The third kappa shape index (κ3) is 3.07. The van der Waals surface area contributed by atoms with Crippen LogP contribution in [0.25, 0.3) is 0 Å². The number of hydrogen-bond acceptors (Lipinski definition) is 5. The second kappa shape index (κ2) is 6.17. The summed E-state index contributed by atoms with van der Waals surface area (Å²) in [5, 5.41) is 6.42. The number of nitrogens with zero attached hydrogens (tertiary/aromatic N) is 3. The number of nitrogens with one attached hydrogen (secondary N) is 2. The fourth-order valence-corrected chi connectivity index (χ4v) is 2.93. The van der Waals surface area contributed by atoms with Crippen LogP contribution in [0.1, 0.15) is 19.3 Å². The molecular weight excluding hydrogens is 254 g/mol. The summed E-state index contributed by atoms with van der Waals surface area (Å²) in [5.41, 5.74) is 0. The average Bonchev–Trinajstić information content (AvgIpc) is 3.03. The molecule has 6 nitrogen and oxygen atoms in total. The summed E-state index contributed by atoms with van der Waals surface area (Å²) in [5.74, 6) is 1.09. The lowest BCUT2D eigenvalue weighted by molar-refractivity contribution is -0.125. The molecule has 1 aromatic heterocycles. The first-order valence-corrected chi connectivity index (χ1v) is 7.36. The van der Waals surface area contributed by atoms with Gasteiger partial charge in [-0.2, -0.15) is 0 Å². The molecule has 0 aromatic carbocycles. The van der Waals surface area contributed by atoms with Crippen LogP contribution in [-0.4, -0.2) is 48.1 Å². The van der Waals surface area contributed by atoms with E-state index < -0.39 is 0 Å². The first-order chi connectivity index (χ1) is 9.83. The Kier molecular flexibility index (Phi) is 4.11. The van der Waals surface area contributed by atoms with Gasteiger partial charge in [0.2, 0.25) is 11.9 Å². The molecular formula is C14H21N5O. The first kappa shape index (κ1) is 13.3. The van der Waals surface area contributed by atoms with E-state index in [-0.39, 0.29) is 17.9 Å². The van der Waals surface area contributed by atoms with Gasteiger partial charge in [-0.25, -0.2) is 9.97 Å². The largest absolute Gasteiger partial charge is 0.351 e. The average molecular weight is 275 g/mol. The third-order valence-electron chi connectivity index (χ3n) is 4.03. The van der Waals surface area contributed by atoms with Gasteiger partial charge in [-0.1, -0.05) is 0 Å². The smallest absolute Gasteiger partial charge is 0.225 e. The highest BCUT2D eigenvalue weighted by Crippen LogP contribution is 2.16. The molecule has 3 heterocycles. The number of carbonyl (C=O) groups excluding carboxylic acids is 1. The maximum Gasteiger partial charge on any atom is 0.225 e. The van der Waals surface area contributed by atoms with Gasteiger partial charge in [0.05, 0.1) is 5.92 Å². The molecule has 6 heteroatoms. The Balaban J connectivity index is 1.56. The standard InChI is InChI=1S/C14H21N5O/c20-13(11-4-7-15-9-11)18-12-3-1-8-19(10-12)14-16-5-2-6-17-14/h2,5-6,11-12,15H,1,3-4,7-10H2,(H,18,20). The number of rotatable bonds is 3. The van der Waals surface area contributed by atoms with Crippen LogP contribution in [0.3, 0.4) is 0 Å². The number of aromatic nitrogens is 2. The van der Waals surface area contributed by atoms with Crippen molar-refractivity contribution in [3.63, 3.8) is 0 Å². The molecule has 2 atom stereocenters. The Bertz CT molecular complexity index is 446. The van der Waals surface area contributed by atoms with E-state index in [0.29, 0.717) is 0 Å². The molecule has 2 unspecified atom stereocenters. The Labute approximate surface area is 119 Å². The highest BCUT2D eigenvalue weighted by molar-refractivity contribution is 5.79. The number of amides is 1. The Morgan fingerprint density at radius 1 is 1.35 bits per heavy atom. The third-order valence-corrected chi connectivity index (χ3v) is 4.03. The van der Waals surface area contributed by atoms with Gasteiger partial charge >= 0.3 is 0 Å². The van der Waals surface area contributed by atoms with E-state index in [4.69, 9.17) is 0 Å². The van der Waals surface area contributed by atoms with Gasteiger partial charge in [0.1, 0.15) is 0 Å². The maximum absolute atomic E-state index is 12.2. The van der Waals surface area contributed by atoms with Crippen LogP contribution in [0.5, 0.6) is 0 Å². The molecule has 2 aliphatic heterocycles. The van der Waals surface area contributed by atoms with Crippen molar-refractivity contribution in [3.05, 3.63) is 18.5 Å². The highest BCUT2D eigenvalue weighted by atomic mass is 16.2. The molecule has 0 aliphatic carbocycles. The molecule has 1 aromatic rings. The molecule has 0 spiro atoms. The molecule has 2 fully saturated rings. The lowest BCUT2D eigenvalue weighted by Gasteiger charge is -2.33. The zero-order valence-electron chi connectivity index (χ0n) is 11.6. The molecule has 2 saturated heterocycles. The van der Waals surface area contributed by atoms with Crippen molar-refractivity contribution in [2.45, 2.75) is 25.3 Å². The van der Waals surface area contributed by atoms with Crippen molar-refractivity contribution < 1.29 is 4.79 Å². The van der Waals surface area contributed by atoms with Crippen LogP contribution in [0.15, 0.2) is 18.5 Å². The van der Waals surface area contributed by atoms with Gasteiger partial charge < -0.3 is 15.5 Å². The van der Waals surface area contributed by atoms with Gasteiger partial charge in [0.25, 0.3) is 0 Å². The van der Waals surface area contributed by atoms with Gasteiger partial charge in [0, 0.05) is 38.1 Å². The summed E-state index contributed by atoms with van der Waals surface area (Å²) in [4.78, 5) is 22.9. The van der Waals surface area contributed by atoms with E-state index in [1.54, 1.807) is 12.4 Å². The molecule has 0 bridgehead atoms. The molecule has 0 radical (unpaired) electrons. The Morgan fingerprint density at radius 3 is 2.95 bits per heavy atom. The van der Waals surface area contributed by atoms with Crippen LogP contribution < -0.4 is 15.5 Å². The molecule has 1 amide bonds. The van der Waals surface area contributed by atoms with Crippen LogP contribution in [0.2, 0.25) is 0 Å². The summed E-state index contributed by atoms with van der Waals surface area (Å²) >= 11 is 0. The zero-order chi connectivity index (χ0) is 13.8. The minimum atomic E-state index is 0.137. The summed E-state index contributed by atoms with van der Waals surface area (Å²) in [6.07, 6.45) is 6.56. The molecule has 108 valence electrons. The van der Waals surface area contributed by atoms with E-state index in [0.717, 1.165) is 51.4 Å². The number of hydrogen-bond donors (Lipinski definition) is 2. The molecule has 2 aliphatic rings. The maximum atomic E-state index is 12.2. The van der Waals surface area contributed by atoms with E-state index in [1.165, 1.54) is 0 Å². The lowest BCUT2D eigenvalue weighted by atomic mass is 10.0. The minimum absolute atomic E-state index is 0.137. The fourth-order valence-electron chi connectivity index (χ4n) is 2.93. The number of anilines is 1. The van der Waals surface area contributed by atoms with Crippen molar-refractivity contribution in [2.75, 3.05) is 31.1 Å². The summed E-state index contributed by atoms with van der Waals surface area (Å²) in [7, 11) is 0. The quantitative estimate of drug-likeness (QED) is 0.823. The van der Waals surface area contributed by atoms with Crippen molar-refractivity contribution in [3.8, 4) is 0 Å². The molecule has 3 rings (SSSR count). The van der Waals surface area contributed by atoms with Crippen molar-refractivity contribution >= 4 is 11.9 Å². The predicted octanol–water partition coefficient (Wildman–Crippen LogP) is 0.171. The zero-order valence-corrected chi connectivity index (χ0v) is 11.6. The van der Waals surface area contributed by atoms with Gasteiger partial charge in [-0.3, -0.25) is 4.79 Å².